The van der Waals surface area contributed by atoms with Crippen molar-refractivity contribution >= 4 is 33.5 Å². The molecule has 0 aliphatic heterocycles. The number of fused-ring (bicyclic) bond motifs is 3. The van der Waals surface area contributed by atoms with Gasteiger partial charge < -0.3 is 14.5 Å². The maximum absolute atomic E-state index is 12.6. The van der Waals surface area contributed by atoms with Crippen LogP contribution in [0.15, 0.2) is 65.1 Å². The summed E-state index contributed by atoms with van der Waals surface area (Å²) in [4.78, 5) is 12.6. The Labute approximate surface area is 157 Å². The summed E-state index contributed by atoms with van der Waals surface area (Å²) in [6.45, 7) is 5.76. The van der Waals surface area contributed by atoms with Gasteiger partial charge in [0.05, 0.1) is 0 Å². The average molecular weight is 359 g/mol. The van der Waals surface area contributed by atoms with Crippen molar-refractivity contribution in [3.63, 3.8) is 0 Å². The number of nitrogens with one attached hydrogen (secondary N) is 1. The number of hydrogen-bond donors (Lipinski definition) is 1. The predicted molar refractivity (Wildman–Crippen MR) is 108 cm³/mol. The molecule has 1 N–H and O–H groups in total. The molecule has 0 bridgehead atoms. The Morgan fingerprint density at radius 3 is 2.59 bits per heavy atom. The summed E-state index contributed by atoms with van der Waals surface area (Å²) in [5.74, 6) is 0.525. The van der Waals surface area contributed by atoms with Crippen molar-refractivity contribution in [1.29, 1.82) is 0 Å². The molecule has 4 heteroatoms. The number of ether oxygens (including phenoxy) is 1. The molecule has 0 aliphatic rings. The van der Waals surface area contributed by atoms with Gasteiger partial charge in [-0.3, -0.25) is 4.79 Å². The summed E-state index contributed by atoms with van der Waals surface area (Å²) in [7, 11) is 0. The van der Waals surface area contributed by atoms with Crippen LogP contribution >= 0.6 is 0 Å². The first-order valence-electron chi connectivity index (χ1n) is 8.98. The van der Waals surface area contributed by atoms with E-state index in [0.29, 0.717) is 5.69 Å². The molecular weight excluding hydrogens is 338 g/mol. The molecule has 1 atom stereocenters. The van der Waals surface area contributed by atoms with Gasteiger partial charge in [-0.25, -0.2) is 0 Å². The Morgan fingerprint density at radius 2 is 1.74 bits per heavy atom. The lowest BCUT2D eigenvalue weighted by atomic mass is 10.1. The van der Waals surface area contributed by atoms with Gasteiger partial charge in [-0.1, -0.05) is 30.3 Å². The molecule has 0 fully saturated rings. The van der Waals surface area contributed by atoms with Gasteiger partial charge in [0, 0.05) is 22.5 Å². The first kappa shape index (κ1) is 17.2. The fraction of sp³-hybridized carbons (Fsp3) is 0.174. The summed E-state index contributed by atoms with van der Waals surface area (Å²) in [5, 5.41) is 5.01. The standard InChI is InChI=1S/C23H21NO3/c1-14-7-6-10-20(15(14)2)26-16(3)23(25)24-17-11-12-19-18-8-4-5-9-21(18)27-22(19)13-17/h4-13,16H,1-3H3,(H,24,25)/t16-/m1/s1. The predicted octanol–water partition coefficient (Wildman–Crippen LogP) is 5.61. The van der Waals surface area contributed by atoms with E-state index in [1.807, 2.05) is 74.5 Å². The second kappa shape index (κ2) is 6.80. The largest absolute Gasteiger partial charge is 0.481 e. The second-order valence-corrected chi connectivity index (χ2v) is 6.76. The van der Waals surface area contributed by atoms with E-state index in [1.165, 1.54) is 0 Å². The number of furan rings is 1. The fourth-order valence-corrected chi connectivity index (χ4v) is 3.14. The van der Waals surface area contributed by atoms with Crippen molar-refractivity contribution in [2.45, 2.75) is 26.9 Å². The van der Waals surface area contributed by atoms with E-state index in [0.717, 1.165) is 38.8 Å². The van der Waals surface area contributed by atoms with E-state index in [-0.39, 0.29) is 5.91 Å². The maximum Gasteiger partial charge on any atom is 0.265 e. The molecule has 0 saturated heterocycles. The normalized spacial score (nSPS) is 12.3. The van der Waals surface area contributed by atoms with E-state index in [1.54, 1.807) is 6.92 Å². The van der Waals surface area contributed by atoms with Gasteiger partial charge in [-0.05, 0) is 56.2 Å². The van der Waals surface area contributed by atoms with E-state index in [9.17, 15) is 4.79 Å². The van der Waals surface area contributed by atoms with Gasteiger partial charge in [0.15, 0.2) is 6.10 Å². The number of amides is 1. The quantitative estimate of drug-likeness (QED) is 0.515. The summed E-state index contributed by atoms with van der Waals surface area (Å²) in [6.07, 6.45) is -0.614. The van der Waals surface area contributed by atoms with Gasteiger partial charge in [0.2, 0.25) is 0 Å². The number of anilines is 1. The lowest BCUT2D eigenvalue weighted by molar-refractivity contribution is -0.122. The molecule has 0 spiro atoms. The molecule has 0 saturated carbocycles. The third kappa shape index (κ3) is 3.26. The highest BCUT2D eigenvalue weighted by Gasteiger charge is 2.17. The first-order chi connectivity index (χ1) is 13.0. The molecule has 0 aliphatic carbocycles. The zero-order chi connectivity index (χ0) is 19.0. The highest BCUT2D eigenvalue weighted by molar-refractivity contribution is 6.06. The van der Waals surface area contributed by atoms with E-state index in [4.69, 9.17) is 9.15 Å². The second-order valence-electron chi connectivity index (χ2n) is 6.76. The molecule has 0 unspecified atom stereocenters. The molecule has 0 radical (unpaired) electrons. The number of para-hydroxylation sites is 1. The van der Waals surface area contributed by atoms with E-state index >= 15 is 0 Å². The van der Waals surface area contributed by atoms with Crippen LogP contribution in [-0.4, -0.2) is 12.0 Å². The van der Waals surface area contributed by atoms with Crippen molar-refractivity contribution in [2.75, 3.05) is 5.32 Å². The zero-order valence-corrected chi connectivity index (χ0v) is 15.6. The van der Waals surface area contributed by atoms with Crippen LogP contribution in [-0.2, 0) is 4.79 Å². The van der Waals surface area contributed by atoms with Crippen LogP contribution in [0.1, 0.15) is 18.1 Å². The first-order valence-corrected chi connectivity index (χ1v) is 8.98. The molecular formula is C23H21NO3. The number of benzene rings is 3. The van der Waals surface area contributed by atoms with Crippen LogP contribution in [0.3, 0.4) is 0 Å². The van der Waals surface area contributed by atoms with Gasteiger partial charge in [0.25, 0.3) is 5.91 Å². The van der Waals surface area contributed by atoms with Crippen molar-refractivity contribution in [1.82, 2.24) is 0 Å². The minimum absolute atomic E-state index is 0.202. The summed E-state index contributed by atoms with van der Waals surface area (Å²) >= 11 is 0. The Balaban J connectivity index is 1.53. The average Bonchev–Trinajstić information content (AvgIpc) is 3.03. The van der Waals surface area contributed by atoms with Gasteiger partial charge in [-0.2, -0.15) is 0 Å². The van der Waals surface area contributed by atoms with Gasteiger partial charge in [0.1, 0.15) is 16.9 Å². The summed E-state index contributed by atoms with van der Waals surface area (Å²) < 4.78 is 11.7. The fourth-order valence-electron chi connectivity index (χ4n) is 3.14. The number of rotatable bonds is 4. The minimum Gasteiger partial charge on any atom is -0.481 e. The molecule has 4 nitrogen and oxygen atoms in total. The molecule has 1 heterocycles. The van der Waals surface area contributed by atoms with E-state index in [2.05, 4.69) is 5.32 Å². The van der Waals surface area contributed by atoms with Crippen LogP contribution in [0.5, 0.6) is 5.75 Å². The molecule has 27 heavy (non-hydrogen) atoms. The molecule has 4 rings (SSSR count). The Hall–Kier alpha value is -3.27. The summed E-state index contributed by atoms with van der Waals surface area (Å²) in [6, 6.07) is 19.4. The number of carbonyl (C=O) groups excluding carboxylic acids is 1. The summed E-state index contributed by atoms with van der Waals surface area (Å²) in [5.41, 5.74) is 4.44. The molecule has 136 valence electrons. The Kier molecular flexibility index (Phi) is 4.32. The monoisotopic (exact) mass is 359 g/mol. The third-order valence-electron chi connectivity index (χ3n) is 4.87. The molecule has 1 amide bonds. The smallest absolute Gasteiger partial charge is 0.265 e. The van der Waals surface area contributed by atoms with Gasteiger partial charge in [-0.15, -0.1) is 0 Å². The highest BCUT2D eigenvalue weighted by atomic mass is 16.5. The molecule has 1 aromatic heterocycles. The molecule has 4 aromatic rings. The SMILES string of the molecule is Cc1cccc(O[C@H](C)C(=O)Nc2ccc3c(c2)oc2ccccc23)c1C. The minimum atomic E-state index is -0.614. The van der Waals surface area contributed by atoms with Crippen molar-refractivity contribution in [2.24, 2.45) is 0 Å². The van der Waals surface area contributed by atoms with Crippen LogP contribution in [0, 0.1) is 13.8 Å². The van der Waals surface area contributed by atoms with Gasteiger partial charge >= 0.3 is 0 Å². The van der Waals surface area contributed by atoms with Crippen molar-refractivity contribution in [3.05, 3.63) is 71.8 Å². The lowest BCUT2D eigenvalue weighted by Gasteiger charge is -2.17. The third-order valence-corrected chi connectivity index (χ3v) is 4.87. The number of hydrogen-bond acceptors (Lipinski definition) is 3. The van der Waals surface area contributed by atoms with Crippen molar-refractivity contribution in [3.8, 4) is 5.75 Å². The maximum atomic E-state index is 12.6. The Bertz CT molecular complexity index is 1140. The van der Waals surface area contributed by atoms with Crippen LogP contribution in [0.4, 0.5) is 5.69 Å². The van der Waals surface area contributed by atoms with E-state index < -0.39 is 6.10 Å². The number of aryl methyl sites for hydroxylation is 1. The Morgan fingerprint density at radius 1 is 0.963 bits per heavy atom. The van der Waals surface area contributed by atoms with Crippen LogP contribution in [0.2, 0.25) is 0 Å². The van der Waals surface area contributed by atoms with Crippen molar-refractivity contribution < 1.29 is 13.9 Å². The lowest BCUT2D eigenvalue weighted by Crippen LogP contribution is -2.30. The highest BCUT2D eigenvalue weighted by Crippen LogP contribution is 2.30. The van der Waals surface area contributed by atoms with Crippen LogP contribution in [0.25, 0.3) is 21.9 Å². The topological polar surface area (TPSA) is 51.5 Å². The number of carbonyl (C=O) groups is 1. The van der Waals surface area contributed by atoms with Crippen LogP contribution < -0.4 is 10.1 Å². The molecule has 3 aromatic carbocycles. The zero-order valence-electron chi connectivity index (χ0n) is 15.6.